The van der Waals surface area contributed by atoms with Gasteiger partial charge in [-0.1, -0.05) is 13.3 Å². The molecule has 1 aliphatic rings. The van der Waals surface area contributed by atoms with Crippen molar-refractivity contribution in [1.29, 1.82) is 0 Å². The van der Waals surface area contributed by atoms with E-state index in [9.17, 15) is 0 Å². The van der Waals surface area contributed by atoms with Crippen LogP contribution in [-0.4, -0.2) is 34.0 Å². The van der Waals surface area contributed by atoms with Crippen molar-refractivity contribution in [2.75, 3.05) is 13.1 Å². The molecule has 0 saturated carbocycles. The number of nitrogens with two attached hydrogens (primary N) is 1. The molecule has 4 heteroatoms. The molecule has 0 bridgehead atoms. The van der Waals surface area contributed by atoms with Crippen LogP contribution in [0.5, 0.6) is 0 Å². The number of likely N-dealkylation sites (tertiary alicyclic amines) is 1. The second-order valence-electron chi connectivity index (χ2n) is 5.25. The van der Waals surface area contributed by atoms with Gasteiger partial charge in [-0.05, 0) is 38.3 Å². The van der Waals surface area contributed by atoms with Gasteiger partial charge in [0.1, 0.15) is 5.82 Å². The van der Waals surface area contributed by atoms with Crippen LogP contribution in [0.25, 0.3) is 0 Å². The second kappa shape index (κ2) is 6.25. The number of hydrogen-bond acceptors (Lipinski definition) is 4. The van der Waals surface area contributed by atoms with Gasteiger partial charge < -0.3 is 5.73 Å². The summed E-state index contributed by atoms with van der Waals surface area (Å²) in [6, 6.07) is 2.52. The SMILES string of the molecule is CCC1CCN(Cc2ccnc(C)n2)C(CN)C1. The Kier molecular flexibility index (Phi) is 4.66. The fourth-order valence-corrected chi connectivity index (χ4v) is 2.81. The lowest BCUT2D eigenvalue weighted by atomic mass is 9.89. The molecule has 1 saturated heterocycles. The molecule has 1 fully saturated rings. The van der Waals surface area contributed by atoms with E-state index in [1.165, 1.54) is 19.3 Å². The lowest BCUT2D eigenvalue weighted by Gasteiger charge is -2.38. The summed E-state index contributed by atoms with van der Waals surface area (Å²) >= 11 is 0. The molecular formula is C14H24N4. The van der Waals surface area contributed by atoms with E-state index < -0.39 is 0 Å². The third-order valence-electron chi connectivity index (χ3n) is 3.99. The summed E-state index contributed by atoms with van der Waals surface area (Å²) in [5.41, 5.74) is 7.03. The lowest BCUT2D eigenvalue weighted by molar-refractivity contribution is 0.106. The Morgan fingerprint density at radius 1 is 1.50 bits per heavy atom. The second-order valence-corrected chi connectivity index (χ2v) is 5.25. The molecule has 1 aromatic rings. The number of aryl methyl sites for hydroxylation is 1. The van der Waals surface area contributed by atoms with Crippen molar-refractivity contribution < 1.29 is 0 Å². The molecule has 0 aromatic carbocycles. The summed E-state index contributed by atoms with van der Waals surface area (Å²) in [6.07, 6.45) is 5.64. The molecule has 2 N–H and O–H groups in total. The molecule has 18 heavy (non-hydrogen) atoms. The van der Waals surface area contributed by atoms with E-state index in [1.54, 1.807) is 0 Å². The molecule has 0 spiro atoms. The molecule has 2 atom stereocenters. The van der Waals surface area contributed by atoms with Gasteiger partial charge in [-0.15, -0.1) is 0 Å². The summed E-state index contributed by atoms with van der Waals surface area (Å²) < 4.78 is 0. The molecule has 0 aliphatic carbocycles. The minimum Gasteiger partial charge on any atom is -0.329 e. The summed E-state index contributed by atoms with van der Waals surface area (Å²) in [7, 11) is 0. The van der Waals surface area contributed by atoms with Crippen molar-refractivity contribution >= 4 is 0 Å². The highest BCUT2D eigenvalue weighted by molar-refractivity contribution is 5.02. The first-order valence-corrected chi connectivity index (χ1v) is 6.95. The van der Waals surface area contributed by atoms with Crippen LogP contribution in [0.1, 0.15) is 37.7 Å². The fraction of sp³-hybridized carbons (Fsp3) is 0.714. The van der Waals surface area contributed by atoms with E-state index in [2.05, 4.69) is 21.8 Å². The molecule has 2 heterocycles. The maximum Gasteiger partial charge on any atom is 0.125 e. The highest BCUT2D eigenvalue weighted by Gasteiger charge is 2.26. The average Bonchev–Trinajstić information content (AvgIpc) is 2.39. The van der Waals surface area contributed by atoms with Gasteiger partial charge in [0.25, 0.3) is 0 Å². The Bertz CT molecular complexity index is 380. The molecule has 0 amide bonds. The van der Waals surface area contributed by atoms with E-state index >= 15 is 0 Å². The van der Waals surface area contributed by atoms with Crippen LogP contribution in [0.2, 0.25) is 0 Å². The van der Waals surface area contributed by atoms with E-state index in [0.29, 0.717) is 6.04 Å². The molecular weight excluding hydrogens is 224 g/mol. The van der Waals surface area contributed by atoms with Gasteiger partial charge in [-0.2, -0.15) is 0 Å². The van der Waals surface area contributed by atoms with Crippen molar-refractivity contribution in [2.24, 2.45) is 11.7 Å². The summed E-state index contributed by atoms with van der Waals surface area (Å²) in [5, 5.41) is 0. The Hall–Kier alpha value is -1.00. The van der Waals surface area contributed by atoms with E-state index in [-0.39, 0.29) is 0 Å². The summed E-state index contributed by atoms with van der Waals surface area (Å²) in [4.78, 5) is 11.1. The maximum absolute atomic E-state index is 5.92. The molecule has 100 valence electrons. The first-order valence-electron chi connectivity index (χ1n) is 6.95. The number of rotatable bonds is 4. The molecule has 0 radical (unpaired) electrons. The zero-order chi connectivity index (χ0) is 13.0. The zero-order valence-corrected chi connectivity index (χ0v) is 11.5. The van der Waals surface area contributed by atoms with Crippen LogP contribution in [0, 0.1) is 12.8 Å². The van der Waals surface area contributed by atoms with E-state index in [0.717, 1.165) is 37.1 Å². The molecule has 1 aliphatic heterocycles. The van der Waals surface area contributed by atoms with Crippen LogP contribution >= 0.6 is 0 Å². The largest absolute Gasteiger partial charge is 0.329 e. The lowest BCUT2D eigenvalue weighted by Crippen LogP contribution is -2.46. The van der Waals surface area contributed by atoms with Gasteiger partial charge in [0.2, 0.25) is 0 Å². The van der Waals surface area contributed by atoms with Crippen molar-refractivity contribution in [3.63, 3.8) is 0 Å². The number of piperidine rings is 1. The van der Waals surface area contributed by atoms with Gasteiger partial charge in [-0.3, -0.25) is 4.90 Å². The van der Waals surface area contributed by atoms with Gasteiger partial charge in [0.15, 0.2) is 0 Å². The third kappa shape index (κ3) is 3.27. The number of hydrogen-bond donors (Lipinski definition) is 1. The van der Waals surface area contributed by atoms with Crippen molar-refractivity contribution in [1.82, 2.24) is 14.9 Å². The summed E-state index contributed by atoms with van der Waals surface area (Å²) in [5.74, 6) is 1.70. The van der Waals surface area contributed by atoms with Crippen molar-refractivity contribution in [3.8, 4) is 0 Å². The third-order valence-corrected chi connectivity index (χ3v) is 3.99. The molecule has 1 aromatic heterocycles. The van der Waals surface area contributed by atoms with E-state index in [4.69, 9.17) is 5.73 Å². The highest BCUT2D eigenvalue weighted by atomic mass is 15.2. The van der Waals surface area contributed by atoms with Gasteiger partial charge in [0, 0.05) is 25.3 Å². The van der Waals surface area contributed by atoms with Gasteiger partial charge in [-0.25, -0.2) is 9.97 Å². The Morgan fingerprint density at radius 3 is 3.00 bits per heavy atom. The molecule has 2 unspecified atom stereocenters. The first-order chi connectivity index (χ1) is 8.72. The fourth-order valence-electron chi connectivity index (χ4n) is 2.81. The van der Waals surface area contributed by atoms with Crippen LogP contribution in [-0.2, 0) is 6.54 Å². The standard InChI is InChI=1S/C14H24N4/c1-3-12-5-7-18(14(8-12)9-15)10-13-4-6-16-11(2)17-13/h4,6,12,14H,3,5,7-10,15H2,1-2H3. The zero-order valence-electron chi connectivity index (χ0n) is 11.5. The Morgan fingerprint density at radius 2 is 2.33 bits per heavy atom. The monoisotopic (exact) mass is 248 g/mol. The van der Waals surface area contributed by atoms with Gasteiger partial charge >= 0.3 is 0 Å². The van der Waals surface area contributed by atoms with Crippen LogP contribution in [0.3, 0.4) is 0 Å². The number of nitrogens with zero attached hydrogens (tertiary/aromatic N) is 3. The van der Waals surface area contributed by atoms with Crippen molar-refractivity contribution in [2.45, 2.75) is 45.7 Å². The highest BCUT2D eigenvalue weighted by Crippen LogP contribution is 2.25. The Labute approximate surface area is 110 Å². The van der Waals surface area contributed by atoms with Gasteiger partial charge in [0.05, 0.1) is 5.69 Å². The van der Waals surface area contributed by atoms with Crippen LogP contribution in [0.15, 0.2) is 12.3 Å². The topological polar surface area (TPSA) is 55.0 Å². The van der Waals surface area contributed by atoms with E-state index in [1.807, 2.05) is 19.2 Å². The van der Waals surface area contributed by atoms with Crippen LogP contribution < -0.4 is 5.73 Å². The number of aromatic nitrogens is 2. The Balaban J connectivity index is 2.00. The molecule has 4 nitrogen and oxygen atoms in total. The predicted octanol–water partition coefficient (Wildman–Crippen LogP) is 1.73. The minimum absolute atomic E-state index is 0.513. The first kappa shape index (κ1) is 13.4. The van der Waals surface area contributed by atoms with Crippen LogP contribution in [0.4, 0.5) is 0 Å². The molecule has 2 rings (SSSR count). The summed E-state index contributed by atoms with van der Waals surface area (Å²) in [6.45, 7) is 7.01. The predicted molar refractivity (Wildman–Crippen MR) is 73.0 cm³/mol. The normalized spacial score (nSPS) is 25.3. The smallest absolute Gasteiger partial charge is 0.125 e. The quantitative estimate of drug-likeness (QED) is 0.881. The maximum atomic E-state index is 5.92. The van der Waals surface area contributed by atoms with Crippen molar-refractivity contribution in [3.05, 3.63) is 23.8 Å². The minimum atomic E-state index is 0.513. The average molecular weight is 248 g/mol.